The minimum absolute atomic E-state index is 0.221. The molecule has 25 heavy (non-hydrogen) atoms. The lowest BCUT2D eigenvalue weighted by molar-refractivity contribution is -0.162. The summed E-state index contributed by atoms with van der Waals surface area (Å²) in [4.78, 5) is 28.4. The highest BCUT2D eigenvalue weighted by Gasteiger charge is 2.57. The molecule has 1 saturated heterocycles. The number of rotatable bonds is 6. The Morgan fingerprint density at radius 2 is 1.64 bits per heavy atom. The predicted molar refractivity (Wildman–Crippen MR) is 95.0 cm³/mol. The number of hydrogen-bond acceptors (Lipinski definition) is 5. The van der Waals surface area contributed by atoms with Crippen molar-refractivity contribution in [3.05, 3.63) is 41.0 Å². The van der Waals surface area contributed by atoms with Crippen molar-refractivity contribution in [1.29, 1.82) is 0 Å². The van der Waals surface area contributed by atoms with Gasteiger partial charge in [0.1, 0.15) is 0 Å². The molecule has 0 atom stereocenters. The van der Waals surface area contributed by atoms with Crippen LogP contribution in [0.15, 0.2) is 29.8 Å². The van der Waals surface area contributed by atoms with E-state index in [-0.39, 0.29) is 13.2 Å². The summed E-state index contributed by atoms with van der Waals surface area (Å²) in [6, 6.07) is 7.52. The molecule has 1 aliphatic carbocycles. The molecule has 0 radical (unpaired) electrons. The summed E-state index contributed by atoms with van der Waals surface area (Å²) >= 11 is 0. The molecule has 2 aliphatic rings. The van der Waals surface area contributed by atoms with Gasteiger partial charge in [-0.15, -0.1) is 0 Å². The van der Waals surface area contributed by atoms with E-state index in [9.17, 15) is 9.59 Å². The van der Waals surface area contributed by atoms with Gasteiger partial charge in [-0.1, -0.05) is 30.3 Å². The van der Waals surface area contributed by atoms with Crippen molar-refractivity contribution in [3.63, 3.8) is 0 Å². The Labute approximate surface area is 148 Å². The number of hydrogen-bond donors (Lipinski definition) is 0. The van der Waals surface area contributed by atoms with E-state index in [1.165, 1.54) is 0 Å². The van der Waals surface area contributed by atoms with E-state index < -0.39 is 17.4 Å². The standard InChI is InChI=1S/C20H25NO4/c1-3-24-18(22)20(19(23)25-4-2)16(14-21-11-7-8-12-21)13-15-9-5-6-10-17(15)20/h5-6,9-10,13H,3-4,7-8,11-12,14H2,1-2H3. The Kier molecular flexibility index (Phi) is 5.23. The van der Waals surface area contributed by atoms with Crippen LogP contribution in [0.3, 0.4) is 0 Å². The van der Waals surface area contributed by atoms with Crippen molar-refractivity contribution >= 4 is 18.0 Å². The third-order valence-electron chi connectivity index (χ3n) is 4.93. The fourth-order valence-electron chi connectivity index (χ4n) is 3.82. The van der Waals surface area contributed by atoms with Crippen LogP contribution in [0, 0.1) is 0 Å². The molecule has 1 fully saturated rings. The minimum Gasteiger partial charge on any atom is -0.465 e. The Morgan fingerprint density at radius 3 is 2.24 bits per heavy atom. The molecule has 5 nitrogen and oxygen atoms in total. The first-order valence-electron chi connectivity index (χ1n) is 9.01. The largest absolute Gasteiger partial charge is 0.465 e. The predicted octanol–water partition coefficient (Wildman–Crippen LogP) is 2.54. The monoisotopic (exact) mass is 343 g/mol. The number of nitrogens with zero attached hydrogens (tertiary/aromatic N) is 1. The van der Waals surface area contributed by atoms with Crippen LogP contribution in [-0.2, 0) is 24.5 Å². The number of ether oxygens (including phenoxy) is 2. The Morgan fingerprint density at radius 1 is 1.04 bits per heavy atom. The van der Waals surface area contributed by atoms with Crippen LogP contribution in [0.2, 0.25) is 0 Å². The summed E-state index contributed by atoms with van der Waals surface area (Å²) in [5.74, 6) is -1.08. The molecule has 0 saturated carbocycles. The third kappa shape index (κ3) is 2.97. The lowest BCUT2D eigenvalue weighted by Crippen LogP contribution is -2.48. The molecule has 3 rings (SSSR count). The molecule has 0 bridgehead atoms. The molecule has 1 aromatic rings. The Balaban J connectivity index is 2.09. The van der Waals surface area contributed by atoms with E-state index in [0.717, 1.165) is 37.1 Å². The molecule has 1 aliphatic heterocycles. The van der Waals surface area contributed by atoms with E-state index in [1.54, 1.807) is 13.8 Å². The first-order valence-corrected chi connectivity index (χ1v) is 9.01. The van der Waals surface area contributed by atoms with E-state index in [1.807, 2.05) is 30.3 Å². The second-order valence-corrected chi connectivity index (χ2v) is 6.43. The average Bonchev–Trinajstić information content (AvgIpc) is 3.21. The molecule has 0 N–H and O–H groups in total. The van der Waals surface area contributed by atoms with Gasteiger partial charge in [0.2, 0.25) is 5.41 Å². The highest BCUT2D eigenvalue weighted by molar-refractivity contribution is 6.13. The van der Waals surface area contributed by atoms with Gasteiger partial charge in [0, 0.05) is 6.54 Å². The summed E-state index contributed by atoms with van der Waals surface area (Å²) in [6.07, 6.45) is 4.25. The molecular formula is C20H25NO4. The summed E-state index contributed by atoms with van der Waals surface area (Å²) < 4.78 is 10.7. The lowest BCUT2D eigenvalue weighted by atomic mass is 9.76. The van der Waals surface area contributed by atoms with Crippen molar-refractivity contribution in [2.24, 2.45) is 0 Å². The van der Waals surface area contributed by atoms with E-state index >= 15 is 0 Å². The van der Waals surface area contributed by atoms with Gasteiger partial charge in [-0.3, -0.25) is 14.5 Å². The molecule has 1 heterocycles. The maximum absolute atomic E-state index is 13.0. The van der Waals surface area contributed by atoms with Crippen LogP contribution in [-0.4, -0.2) is 49.7 Å². The minimum atomic E-state index is -1.48. The van der Waals surface area contributed by atoms with Gasteiger partial charge >= 0.3 is 11.9 Å². The zero-order valence-corrected chi connectivity index (χ0v) is 14.9. The molecule has 0 aromatic heterocycles. The normalized spacial score (nSPS) is 18.6. The Hall–Kier alpha value is -2.14. The quantitative estimate of drug-likeness (QED) is 0.587. The van der Waals surface area contributed by atoms with Crippen LogP contribution < -0.4 is 0 Å². The molecule has 134 valence electrons. The fraction of sp³-hybridized carbons (Fsp3) is 0.500. The summed E-state index contributed by atoms with van der Waals surface area (Å²) in [6.45, 7) is 6.48. The molecule has 0 unspecified atom stereocenters. The van der Waals surface area contributed by atoms with Gasteiger partial charge in [-0.05, 0) is 56.5 Å². The number of carbonyl (C=O) groups is 2. The number of fused-ring (bicyclic) bond motifs is 1. The third-order valence-corrected chi connectivity index (χ3v) is 4.93. The molecule has 1 aromatic carbocycles. The number of benzene rings is 1. The zero-order valence-electron chi connectivity index (χ0n) is 14.9. The van der Waals surface area contributed by atoms with Gasteiger partial charge in [0.25, 0.3) is 0 Å². The molecule has 0 spiro atoms. The second-order valence-electron chi connectivity index (χ2n) is 6.43. The number of likely N-dealkylation sites (tertiary alicyclic amines) is 1. The highest BCUT2D eigenvalue weighted by atomic mass is 16.6. The SMILES string of the molecule is CCOC(=O)C1(C(=O)OCC)C(CN2CCCC2)=Cc2ccccc21. The van der Waals surface area contributed by atoms with E-state index in [0.29, 0.717) is 12.1 Å². The number of esters is 2. The maximum atomic E-state index is 13.0. The Bertz CT molecular complexity index is 671. The second kappa shape index (κ2) is 7.40. The van der Waals surface area contributed by atoms with Gasteiger partial charge in [0.05, 0.1) is 13.2 Å². The summed E-state index contributed by atoms with van der Waals surface area (Å²) in [7, 11) is 0. The average molecular weight is 343 g/mol. The van der Waals surface area contributed by atoms with Crippen LogP contribution in [0.1, 0.15) is 37.8 Å². The molecule has 0 amide bonds. The number of carbonyl (C=O) groups excluding carboxylic acids is 2. The topological polar surface area (TPSA) is 55.8 Å². The maximum Gasteiger partial charge on any atom is 0.332 e. The van der Waals surface area contributed by atoms with Crippen LogP contribution in [0.5, 0.6) is 0 Å². The zero-order chi connectivity index (χ0) is 17.9. The van der Waals surface area contributed by atoms with Crippen molar-refractivity contribution < 1.29 is 19.1 Å². The van der Waals surface area contributed by atoms with Crippen molar-refractivity contribution in [2.75, 3.05) is 32.8 Å². The van der Waals surface area contributed by atoms with Crippen molar-refractivity contribution in [3.8, 4) is 0 Å². The van der Waals surface area contributed by atoms with Gasteiger partial charge in [-0.25, -0.2) is 0 Å². The van der Waals surface area contributed by atoms with Gasteiger partial charge < -0.3 is 9.47 Å². The fourth-order valence-corrected chi connectivity index (χ4v) is 3.82. The van der Waals surface area contributed by atoms with Crippen LogP contribution >= 0.6 is 0 Å². The van der Waals surface area contributed by atoms with E-state index in [4.69, 9.17) is 9.47 Å². The smallest absolute Gasteiger partial charge is 0.332 e. The summed E-state index contributed by atoms with van der Waals surface area (Å²) in [5, 5.41) is 0. The van der Waals surface area contributed by atoms with Crippen LogP contribution in [0.4, 0.5) is 0 Å². The molecular weight excluding hydrogens is 318 g/mol. The van der Waals surface area contributed by atoms with Crippen molar-refractivity contribution in [1.82, 2.24) is 4.90 Å². The van der Waals surface area contributed by atoms with Gasteiger partial charge in [-0.2, -0.15) is 0 Å². The summed E-state index contributed by atoms with van der Waals surface area (Å²) in [5.41, 5.74) is 0.831. The van der Waals surface area contributed by atoms with E-state index in [2.05, 4.69) is 4.90 Å². The van der Waals surface area contributed by atoms with Crippen LogP contribution in [0.25, 0.3) is 6.08 Å². The highest BCUT2D eigenvalue weighted by Crippen LogP contribution is 2.44. The lowest BCUT2D eigenvalue weighted by Gasteiger charge is -2.31. The van der Waals surface area contributed by atoms with Gasteiger partial charge in [0.15, 0.2) is 0 Å². The first-order chi connectivity index (χ1) is 12.1. The first kappa shape index (κ1) is 17.7. The van der Waals surface area contributed by atoms with Crippen molar-refractivity contribution in [2.45, 2.75) is 32.1 Å². The molecule has 5 heteroatoms.